The predicted octanol–water partition coefficient (Wildman–Crippen LogP) is 5.97. The van der Waals surface area contributed by atoms with Crippen LogP contribution in [0.3, 0.4) is 0 Å². The lowest BCUT2D eigenvalue weighted by atomic mass is 9.95. The molecule has 26 heavy (non-hydrogen) atoms. The van der Waals surface area contributed by atoms with E-state index < -0.39 is 0 Å². The second-order valence-corrected chi connectivity index (χ2v) is 8.42. The molecule has 0 bridgehead atoms. The highest BCUT2D eigenvalue weighted by Gasteiger charge is 2.21. The van der Waals surface area contributed by atoms with Gasteiger partial charge in [0.25, 0.3) is 5.91 Å². The average molecular weight is 427 g/mol. The number of carbonyl (C=O) groups excluding carboxylic acids is 1. The molecule has 2 aromatic heterocycles. The van der Waals surface area contributed by atoms with Gasteiger partial charge in [-0.15, -0.1) is 11.3 Å². The molecule has 1 aliphatic rings. The second kappa shape index (κ2) is 6.89. The number of nitrogens with zero attached hydrogens (tertiary/aromatic N) is 1. The van der Waals surface area contributed by atoms with Crippen molar-refractivity contribution in [3.05, 3.63) is 49.4 Å². The number of anilines is 2. The monoisotopic (exact) mass is 425 g/mol. The molecule has 4 rings (SSSR count). The number of hydrogen-bond acceptors (Lipinski definition) is 4. The first-order valence-corrected chi connectivity index (χ1v) is 10.1. The van der Waals surface area contributed by atoms with Crippen LogP contribution in [0.15, 0.2) is 18.2 Å². The van der Waals surface area contributed by atoms with E-state index in [1.807, 2.05) is 0 Å². The molecule has 0 aliphatic heterocycles. The molecule has 0 saturated carbocycles. The van der Waals surface area contributed by atoms with Crippen molar-refractivity contribution in [2.45, 2.75) is 25.7 Å². The maximum Gasteiger partial charge on any atom is 0.267 e. The number of fused-ring (bicyclic) bond motifs is 2. The van der Waals surface area contributed by atoms with Gasteiger partial charge in [-0.05, 0) is 49.4 Å². The van der Waals surface area contributed by atoms with Gasteiger partial charge in [0.1, 0.15) is 9.71 Å². The highest BCUT2D eigenvalue weighted by atomic mass is 35.5. The smallest absolute Gasteiger partial charge is 0.267 e. The summed E-state index contributed by atoms with van der Waals surface area (Å²) >= 11 is 19.4. The van der Waals surface area contributed by atoms with Crippen LogP contribution in [0.25, 0.3) is 10.2 Å². The number of nitrogen functional groups attached to an aromatic ring is 1. The zero-order valence-electron chi connectivity index (χ0n) is 13.5. The summed E-state index contributed by atoms with van der Waals surface area (Å²) in [7, 11) is 0. The minimum absolute atomic E-state index is 0.307. The molecule has 0 fully saturated rings. The highest BCUT2D eigenvalue weighted by molar-refractivity contribution is 7.21. The Hall–Kier alpha value is -1.53. The number of aromatic nitrogens is 1. The number of halogens is 3. The zero-order valence-corrected chi connectivity index (χ0v) is 16.6. The lowest BCUT2D eigenvalue weighted by molar-refractivity contribution is 0.103. The van der Waals surface area contributed by atoms with E-state index in [0.717, 1.165) is 41.6 Å². The normalized spacial score (nSPS) is 13.7. The Kier molecular flexibility index (Phi) is 4.73. The average Bonchev–Trinajstić information content (AvgIpc) is 2.94. The molecule has 1 amide bonds. The standard InChI is InChI=1S/C18H14Cl3N3OS/c19-10-6-12(21)14(7-11(10)20)23-17(25)16-15(22)9-5-8-3-1-2-4-13(8)24-18(9)26-16/h5-7H,1-4,22H2,(H,23,25). The summed E-state index contributed by atoms with van der Waals surface area (Å²) in [6.07, 6.45) is 4.29. The third-order valence-corrected chi connectivity index (χ3v) is 6.61. The molecular weight excluding hydrogens is 413 g/mol. The van der Waals surface area contributed by atoms with Crippen LogP contribution in [0.1, 0.15) is 33.8 Å². The second-order valence-electron chi connectivity index (χ2n) is 6.20. The Labute approximate surface area is 169 Å². The fourth-order valence-electron chi connectivity index (χ4n) is 3.13. The quantitative estimate of drug-likeness (QED) is 0.496. The van der Waals surface area contributed by atoms with E-state index >= 15 is 0 Å². The predicted molar refractivity (Wildman–Crippen MR) is 110 cm³/mol. The number of rotatable bonds is 2. The highest BCUT2D eigenvalue weighted by Crippen LogP contribution is 2.37. The van der Waals surface area contributed by atoms with Crippen LogP contribution in [-0.4, -0.2) is 10.9 Å². The van der Waals surface area contributed by atoms with E-state index in [1.54, 1.807) is 0 Å². The van der Waals surface area contributed by atoms with Crippen molar-refractivity contribution < 1.29 is 4.79 Å². The number of hydrogen-bond donors (Lipinski definition) is 2. The van der Waals surface area contributed by atoms with Gasteiger partial charge in [-0.3, -0.25) is 4.79 Å². The molecule has 134 valence electrons. The van der Waals surface area contributed by atoms with E-state index in [0.29, 0.717) is 31.3 Å². The summed E-state index contributed by atoms with van der Waals surface area (Å²) in [5, 5.41) is 4.53. The first-order valence-electron chi connectivity index (χ1n) is 8.10. The molecule has 0 radical (unpaired) electrons. The molecule has 3 aromatic rings. The number of carbonyl (C=O) groups is 1. The third-order valence-electron chi connectivity index (χ3n) is 4.46. The molecule has 4 nitrogen and oxygen atoms in total. The van der Waals surface area contributed by atoms with Crippen LogP contribution in [0, 0.1) is 0 Å². The van der Waals surface area contributed by atoms with Crippen molar-refractivity contribution in [1.29, 1.82) is 0 Å². The number of thiophene rings is 1. The maximum atomic E-state index is 12.7. The molecule has 0 saturated heterocycles. The van der Waals surface area contributed by atoms with Crippen molar-refractivity contribution in [2.24, 2.45) is 0 Å². The van der Waals surface area contributed by atoms with Gasteiger partial charge in [0.05, 0.1) is 26.4 Å². The molecule has 8 heteroatoms. The number of pyridine rings is 1. The van der Waals surface area contributed by atoms with Crippen LogP contribution in [0.4, 0.5) is 11.4 Å². The van der Waals surface area contributed by atoms with Gasteiger partial charge >= 0.3 is 0 Å². The van der Waals surface area contributed by atoms with Crippen molar-refractivity contribution >= 4 is 73.6 Å². The molecule has 1 aromatic carbocycles. The summed E-state index contributed by atoms with van der Waals surface area (Å²) in [5.41, 5.74) is 9.42. The minimum atomic E-state index is -0.344. The van der Waals surface area contributed by atoms with Gasteiger partial charge in [-0.2, -0.15) is 0 Å². The molecule has 0 spiro atoms. The van der Waals surface area contributed by atoms with Gasteiger partial charge in [-0.25, -0.2) is 4.98 Å². The van der Waals surface area contributed by atoms with E-state index in [9.17, 15) is 4.79 Å². The lowest BCUT2D eigenvalue weighted by Crippen LogP contribution is -2.12. The van der Waals surface area contributed by atoms with Gasteiger partial charge in [0.2, 0.25) is 0 Å². The third kappa shape index (κ3) is 3.14. The van der Waals surface area contributed by atoms with Crippen molar-refractivity contribution in [2.75, 3.05) is 11.1 Å². The van der Waals surface area contributed by atoms with Crippen LogP contribution < -0.4 is 11.1 Å². The molecule has 3 N–H and O–H groups in total. The van der Waals surface area contributed by atoms with Crippen molar-refractivity contribution in [3.63, 3.8) is 0 Å². The van der Waals surface area contributed by atoms with Crippen molar-refractivity contribution in [1.82, 2.24) is 4.98 Å². The SMILES string of the molecule is Nc1c(C(=O)Nc2cc(Cl)c(Cl)cc2Cl)sc2nc3c(cc12)CCCC3. The molecular formula is C18H14Cl3N3OS. The molecule has 1 aliphatic carbocycles. The van der Waals surface area contributed by atoms with Crippen LogP contribution in [0.2, 0.25) is 15.1 Å². The number of nitrogens with two attached hydrogens (primary N) is 1. The molecule has 0 atom stereocenters. The topological polar surface area (TPSA) is 68.0 Å². The Morgan fingerprint density at radius 2 is 1.81 bits per heavy atom. The molecule has 0 unspecified atom stereocenters. The number of amides is 1. The largest absolute Gasteiger partial charge is 0.397 e. The summed E-state index contributed by atoms with van der Waals surface area (Å²) < 4.78 is 0. The van der Waals surface area contributed by atoms with Gasteiger partial charge in [0.15, 0.2) is 0 Å². The maximum absolute atomic E-state index is 12.7. The van der Waals surface area contributed by atoms with E-state index in [-0.39, 0.29) is 5.91 Å². The van der Waals surface area contributed by atoms with E-state index in [1.165, 1.54) is 29.0 Å². The zero-order chi connectivity index (χ0) is 18.4. The minimum Gasteiger partial charge on any atom is -0.397 e. The van der Waals surface area contributed by atoms with E-state index in [2.05, 4.69) is 11.4 Å². The van der Waals surface area contributed by atoms with Crippen molar-refractivity contribution in [3.8, 4) is 0 Å². The first-order chi connectivity index (χ1) is 12.4. The van der Waals surface area contributed by atoms with Gasteiger partial charge < -0.3 is 11.1 Å². The number of nitrogens with one attached hydrogen (secondary N) is 1. The Balaban J connectivity index is 1.71. The summed E-state index contributed by atoms with van der Waals surface area (Å²) in [4.78, 5) is 18.7. The van der Waals surface area contributed by atoms with Crippen LogP contribution in [-0.2, 0) is 12.8 Å². The fourth-order valence-corrected chi connectivity index (χ4v) is 4.71. The first kappa shape index (κ1) is 17.9. The fraction of sp³-hybridized carbons (Fsp3) is 0.222. The van der Waals surface area contributed by atoms with Gasteiger partial charge in [-0.1, -0.05) is 34.8 Å². The van der Waals surface area contributed by atoms with Gasteiger partial charge in [0, 0.05) is 11.1 Å². The Bertz CT molecular complexity index is 1050. The Morgan fingerprint density at radius 1 is 1.08 bits per heavy atom. The molecule has 2 heterocycles. The van der Waals surface area contributed by atoms with Crippen LogP contribution in [0.5, 0.6) is 0 Å². The summed E-state index contributed by atoms with van der Waals surface area (Å²) in [6.45, 7) is 0. The summed E-state index contributed by atoms with van der Waals surface area (Å²) in [5.74, 6) is -0.344. The summed E-state index contributed by atoms with van der Waals surface area (Å²) in [6, 6.07) is 5.08. The number of aryl methyl sites for hydroxylation is 2. The van der Waals surface area contributed by atoms with Crippen LogP contribution >= 0.6 is 46.1 Å². The number of benzene rings is 1. The lowest BCUT2D eigenvalue weighted by Gasteiger charge is -2.14. The van der Waals surface area contributed by atoms with E-state index in [4.69, 9.17) is 45.5 Å². The Morgan fingerprint density at radius 3 is 2.62 bits per heavy atom.